The number of hydrogen-bond donors (Lipinski definition) is 2. The fourth-order valence-electron chi connectivity index (χ4n) is 0. The third kappa shape index (κ3) is 5060. The Morgan fingerprint density at radius 1 is 1.50 bits per heavy atom. The summed E-state index contributed by atoms with van der Waals surface area (Å²) in [6.07, 6.45) is 0. The van der Waals surface area contributed by atoms with Crippen molar-refractivity contribution in [1.82, 2.24) is 0 Å². The van der Waals surface area contributed by atoms with Crippen molar-refractivity contribution in [2.45, 2.75) is 0 Å². The molecule has 0 fully saturated rings. The summed E-state index contributed by atoms with van der Waals surface area (Å²) >= 11 is 0. The van der Waals surface area contributed by atoms with Crippen LogP contribution >= 0.6 is 0 Å². The fourth-order valence-corrected chi connectivity index (χ4v) is 0. The molecule has 0 aliphatic carbocycles. The molecule has 0 rings (SSSR count). The zero-order valence-electron chi connectivity index (χ0n) is 3.98. The SMILES string of the molecule is O=CO.[Mg+2].[O-]B([O-])O. The third-order valence-corrected chi connectivity index (χ3v) is 0. The molecule has 0 aromatic heterocycles. The monoisotopic (exact) mass is 130 g/mol. The Morgan fingerprint density at radius 3 is 1.50 bits per heavy atom. The zero-order chi connectivity index (χ0) is 6.28. The standard InChI is InChI=1S/CH2O2.BHO3.Mg/c2-1-3;2-1(3)4;/h1H,(H,2,3);2H;/q;-2;+2. The zero-order valence-corrected chi connectivity index (χ0v) is 5.40. The van der Waals surface area contributed by atoms with Gasteiger partial charge in [-0.2, -0.15) is 0 Å². The first kappa shape index (κ1) is 15.7. The van der Waals surface area contributed by atoms with E-state index in [-0.39, 0.29) is 29.5 Å². The molecule has 0 saturated heterocycles. The summed E-state index contributed by atoms with van der Waals surface area (Å²) in [7, 11) is -2.67. The summed E-state index contributed by atoms with van der Waals surface area (Å²) in [5.41, 5.74) is 0. The number of hydrogen-bond acceptors (Lipinski definition) is 4. The van der Waals surface area contributed by atoms with Crippen LogP contribution < -0.4 is 10.0 Å². The van der Waals surface area contributed by atoms with E-state index in [0.717, 1.165) is 0 Å². The average molecular weight is 130 g/mol. The quantitative estimate of drug-likeness (QED) is 0.257. The smallest absolute Gasteiger partial charge is 0.871 e. The average Bonchev–Trinajstić information content (AvgIpc) is 1.33. The van der Waals surface area contributed by atoms with Crippen molar-refractivity contribution in [1.29, 1.82) is 0 Å². The van der Waals surface area contributed by atoms with Crippen LogP contribution in [0.4, 0.5) is 0 Å². The molecule has 0 aromatic carbocycles. The van der Waals surface area contributed by atoms with Crippen LogP contribution in [0.25, 0.3) is 0 Å². The van der Waals surface area contributed by atoms with Crippen LogP contribution in [0, 0.1) is 0 Å². The Morgan fingerprint density at radius 2 is 1.50 bits per heavy atom. The molecular weight excluding hydrogens is 127 g/mol. The van der Waals surface area contributed by atoms with Gasteiger partial charge in [-0.05, 0) is 0 Å². The first-order chi connectivity index (χ1) is 3.15. The van der Waals surface area contributed by atoms with Gasteiger partial charge in [0.15, 0.2) is 0 Å². The van der Waals surface area contributed by atoms with Gasteiger partial charge in [0.2, 0.25) is 0 Å². The molecule has 0 aliphatic heterocycles. The van der Waals surface area contributed by atoms with Crippen LogP contribution in [0.1, 0.15) is 0 Å². The molecule has 0 radical (unpaired) electrons. The molecule has 8 heavy (non-hydrogen) atoms. The minimum absolute atomic E-state index is 0. The van der Waals surface area contributed by atoms with E-state index in [9.17, 15) is 0 Å². The van der Waals surface area contributed by atoms with Crippen LogP contribution in [0.15, 0.2) is 0 Å². The third-order valence-electron chi connectivity index (χ3n) is 0. The molecule has 0 unspecified atom stereocenters. The van der Waals surface area contributed by atoms with Gasteiger partial charge >= 0.3 is 23.1 Å². The van der Waals surface area contributed by atoms with Crippen molar-refractivity contribution in [3.8, 4) is 0 Å². The molecule has 5 nitrogen and oxygen atoms in total. The molecule has 2 N–H and O–H groups in total. The van der Waals surface area contributed by atoms with E-state index in [1.54, 1.807) is 0 Å². The van der Waals surface area contributed by atoms with Gasteiger partial charge in [0, 0.05) is 0 Å². The van der Waals surface area contributed by atoms with Crippen molar-refractivity contribution < 1.29 is 25.0 Å². The van der Waals surface area contributed by atoms with Crippen molar-refractivity contribution in [3.63, 3.8) is 0 Å². The van der Waals surface area contributed by atoms with Gasteiger partial charge in [-0.3, -0.25) is 4.79 Å². The number of carboxylic acid groups (broad SMARTS) is 1. The van der Waals surface area contributed by atoms with Crippen LogP contribution in [0.3, 0.4) is 0 Å². The molecule has 0 atom stereocenters. The van der Waals surface area contributed by atoms with Gasteiger partial charge < -0.3 is 20.2 Å². The van der Waals surface area contributed by atoms with Gasteiger partial charge in [-0.25, -0.2) is 0 Å². The molecule has 0 aliphatic rings. The van der Waals surface area contributed by atoms with E-state index < -0.39 is 7.32 Å². The van der Waals surface area contributed by atoms with Crippen molar-refractivity contribution >= 4 is 36.8 Å². The first-order valence-corrected chi connectivity index (χ1v) is 1.22. The summed E-state index contributed by atoms with van der Waals surface area (Å²) in [6, 6.07) is 0. The van der Waals surface area contributed by atoms with Crippen LogP contribution in [-0.4, -0.2) is 47.0 Å². The van der Waals surface area contributed by atoms with Crippen LogP contribution in [0.2, 0.25) is 0 Å². The molecule has 0 aromatic rings. The van der Waals surface area contributed by atoms with Gasteiger partial charge in [0.05, 0.1) is 7.32 Å². The summed E-state index contributed by atoms with van der Waals surface area (Å²) in [4.78, 5) is 8.36. The van der Waals surface area contributed by atoms with E-state index >= 15 is 0 Å². The van der Waals surface area contributed by atoms with Gasteiger partial charge in [-0.1, -0.05) is 0 Å². The maximum atomic E-state index is 8.53. The van der Waals surface area contributed by atoms with Crippen molar-refractivity contribution in [2.24, 2.45) is 0 Å². The molecule has 7 heteroatoms. The van der Waals surface area contributed by atoms with E-state index in [1.165, 1.54) is 0 Å². The maximum absolute atomic E-state index is 8.53. The number of rotatable bonds is 0. The predicted octanol–water partition coefficient (Wildman–Crippen LogP) is -4.00. The summed E-state index contributed by atoms with van der Waals surface area (Å²) in [5, 5.41) is 30.9. The van der Waals surface area contributed by atoms with Crippen LogP contribution in [0.5, 0.6) is 0 Å². The first-order valence-electron chi connectivity index (χ1n) is 1.22. The molecular formula is CH3BMgO5. The Hall–Kier alpha value is 0.181. The molecule has 42 valence electrons. The molecule has 0 saturated carbocycles. The van der Waals surface area contributed by atoms with E-state index in [2.05, 4.69) is 0 Å². The maximum Gasteiger partial charge on any atom is 2.00 e. The van der Waals surface area contributed by atoms with E-state index in [0.29, 0.717) is 0 Å². The second-order valence-corrected chi connectivity index (χ2v) is 0.412. The fraction of sp³-hybridized carbons (Fsp3) is 0. The topological polar surface area (TPSA) is 104 Å². The molecule has 0 amide bonds. The summed E-state index contributed by atoms with van der Waals surface area (Å²) in [5.74, 6) is 0. The van der Waals surface area contributed by atoms with Crippen molar-refractivity contribution in [3.05, 3.63) is 0 Å². The minimum atomic E-state index is -2.67. The second kappa shape index (κ2) is 15.7. The Labute approximate surface area is 62.3 Å². The largest absolute Gasteiger partial charge is 2.00 e. The van der Waals surface area contributed by atoms with E-state index in [1.807, 2.05) is 0 Å². The number of carbonyl (C=O) groups is 1. The molecule has 0 bridgehead atoms. The summed E-state index contributed by atoms with van der Waals surface area (Å²) in [6.45, 7) is -0.250. The second-order valence-electron chi connectivity index (χ2n) is 0.412. The molecule has 0 heterocycles. The Kier molecular flexibility index (Phi) is 30.8. The summed E-state index contributed by atoms with van der Waals surface area (Å²) < 4.78 is 0. The van der Waals surface area contributed by atoms with Gasteiger partial charge in [-0.15, -0.1) is 0 Å². The normalized spacial score (nSPS) is 4.88. The van der Waals surface area contributed by atoms with Gasteiger partial charge in [0.25, 0.3) is 6.47 Å². The predicted molar refractivity (Wildman–Crippen MR) is 22.4 cm³/mol. The minimum Gasteiger partial charge on any atom is -0.871 e. The van der Waals surface area contributed by atoms with Crippen molar-refractivity contribution in [2.75, 3.05) is 0 Å². The van der Waals surface area contributed by atoms with Crippen LogP contribution in [-0.2, 0) is 4.79 Å². The van der Waals surface area contributed by atoms with Gasteiger partial charge in [0.1, 0.15) is 0 Å². The Bertz CT molecular complexity index is 36.7. The van der Waals surface area contributed by atoms with E-state index in [4.69, 9.17) is 25.0 Å². The molecule has 0 spiro atoms. The Balaban J connectivity index is -0.0000000575.